The van der Waals surface area contributed by atoms with Gasteiger partial charge in [0.05, 0.1) is 12.5 Å². The maximum Gasteiger partial charge on any atom is 0.0947 e. The molecule has 19 heavy (non-hydrogen) atoms. The minimum absolute atomic E-state index is 0.703. The van der Waals surface area contributed by atoms with Gasteiger partial charge in [0.25, 0.3) is 0 Å². The van der Waals surface area contributed by atoms with Crippen LogP contribution < -0.4 is 5.32 Å². The lowest BCUT2D eigenvalue weighted by molar-refractivity contribution is 0.201. The summed E-state index contributed by atoms with van der Waals surface area (Å²) in [6.07, 6.45) is 12.1. The summed E-state index contributed by atoms with van der Waals surface area (Å²) in [5.41, 5.74) is 1.31. The molecule has 1 atom stereocenters. The second-order valence-electron chi connectivity index (χ2n) is 6.18. The van der Waals surface area contributed by atoms with Crippen molar-refractivity contribution in [3.8, 4) is 0 Å². The Bertz CT molecular complexity index is 357. The summed E-state index contributed by atoms with van der Waals surface area (Å²) in [5.74, 6) is 0.902. The van der Waals surface area contributed by atoms with E-state index in [1.807, 2.05) is 6.26 Å². The number of rotatable bonds is 3. The molecule has 1 aromatic heterocycles. The molecule has 1 aliphatic heterocycles. The molecule has 0 spiro atoms. The first-order valence-electron chi connectivity index (χ1n) is 7.88. The van der Waals surface area contributed by atoms with E-state index in [2.05, 4.69) is 16.3 Å². The Hall–Kier alpha value is -0.800. The average molecular weight is 262 g/mol. The summed E-state index contributed by atoms with van der Waals surface area (Å²) in [5, 5.41) is 3.80. The molecule has 0 bridgehead atoms. The summed E-state index contributed by atoms with van der Waals surface area (Å²) in [6.45, 7) is 4.64. The molecule has 2 fully saturated rings. The number of nitrogens with zero attached hydrogens (tertiary/aromatic N) is 1. The number of hydrogen-bond acceptors (Lipinski definition) is 3. The molecule has 0 radical (unpaired) electrons. The van der Waals surface area contributed by atoms with Crippen LogP contribution in [0, 0.1) is 5.92 Å². The van der Waals surface area contributed by atoms with E-state index in [-0.39, 0.29) is 0 Å². The molecule has 1 saturated heterocycles. The molecule has 106 valence electrons. The predicted octanol–water partition coefficient (Wildman–Crippen LogP) is 3.02. The Morgan fingerprint density at radius 3 is 2.89 bits per heavy atom. The topological polar surface area (TPSA) is 28.4 Å². The molecule has 3 heteroatoms. The fourth-order valence-electron chi connectivity index (χ4n) is 3.66. The van der Waals surface area contributed by atoms with Crippen molar-refractivity contribution in [3.05, 3.63) is 24.2 Å². The SMILES string of the molecule is c1cc(CN2CCCNC(C3CCCCC3)C2)co1. The van der Waals surface area contributed by atoms with Gasteiger partial charge < -0.3 is 9.73 Å². The first-order valence-corrected chi connectivity index (χ1v) is 7.88. The van der Waals surface area contributed by atoms with Gasteiger partial charge in [-0.3, -0.25) is 4.90 Å². The van der Waals surface area contributed by atoms with Crippen LogP contribution in [0.4, 0.5) is 0 Å². The van der Waals surface area contributed by atoms with Crippen LogP contribution in [0.3, 0.4) is 0 Å². The molecule has 3 nitrogen and oxygen atoms in total. The maximum atomic E-state index is 5.19. The van der Waals surface area contributed by atoms with Crippen LogP contribution in [-0.4, -0.2) is 30.6 Å². The van der Waals surface area contributed by atoms with Crippen LogP contribution >= 0.6 is 0 Å². The third-order valence-corrected chi connectivity index (χ3v) is 4.72. The van der Waals surface area contributed by atoms with Crippen molar-refractivity contribution in [1.82, 2.24) is 10.2 Å². The van der Waals surface area contributed by atoms with Gasteiger partial charge in [-0.25, -0.2) is 0 Å². The molecule has 2 aliphatic rings. The molecule has 1 saturated carbocycles. The van der Waals surface area contributed by atoms with Gasteiger partial charge in [0, 0.05) is 24.7 Å². The van der Waals surface area contributed by atoms with E-state index in [0.29, 0.717) is 6.04 Å². The van der Waals surface area contributed by atoms with E-state index in [4.69, 9.17) is 4.42 Å². The van der Waals surface area contributed by atoms with Crippen molar-refractivity contribution in [2.24, 2.45) is 5.92 Å². The minimum atomic E-state index is 0.703. The summed E-state index contributed by atoms with van der Waals surface area (Å²) in [6, 6.07) is 2.79. The van der Waals surface area contributed by atoms with Gasteiger partial charge in [0.1, 0.15) is 0 Å². The van der Waals surface area contributed by atoms with Crippen LogP contribution in [0.1, 0.15) is 44.1 Å². The lowest BCUT2D eigenvalue weighted by Gasteiger charge is -2.32. The second-order valence-corrected chi connectivity index (χ2v) is 6.18. The van der Waals surface area contributed by atoms with Gasteiger partial charge in [0.2, 0.25) is 0 Å². The monoisotopic (exact) mass is 262 g/mol. The van der Waals surface area contributed by atoms with E-state index in [0.717, 1.165) is 12.5 Å². The minimum Gasteiger partial charge on any atom is -0.472 e. The first-order chi connectivity index (χ1) is 9.42. The summed E-state index contributed by atoms with van der Waals surface area (Å²) in [4.78, 5) is 2.60. The second kappa shape index (κ2) is 6.58. The Morgan fingerprint density at radius 1 is 1.21 bits per heavy atom. The third kappa shape index (κ3) is 3.61. The Balaban J connectivity index is 1.58. The lowest BCUT2D eigenvalue weighted by Crippen LogP contribution is -2.43. The largest absolute Gasteiger partial charge is 0.472 e. The fraction of sp³-hybridized carbons (Fsp3) is 0.750. The number of nitrogens with one attached hydrogen (secondary N) is 1. The van der Waals surface area contributed by atoms with Crippen molar-refractivity contribution >= 4 is 0 Å². The van der Waals surface area contributed by atoms with E-state index in [1.165, 1.54) is 63.7 Å². The normalized spacial score (nSPS) is 27.3. The molecule has 1 aromatic rings. The maximum absolute atomic E-state index is 5.19. The molecule has 1 unspecified atom stereocenters. The van der Waals surface area contributed by atoms with E-state index in [9.17, 15) is 0 Å². The molecule has 1 aliphatic carbocycles. The Morgan fingerprint density at radius 2 is 2.11 bits per heavy atom. The molecule has 3 rings (SSSR count). The van der Waals surface area contributed by atoms with Crippen molar-refractivity contribution in [2.75, 3.05) is 19.6 Å². The molecular formula is C16H26N2O. The first kappa shape index (κ1) is 13.2. The van der Waals surface area contributed by atoms with E-state index in [1.54, 1.807) is 6.26 Å². The lowest BCUT2D eigenvalue weighted by atomic mass is 9.83. The fourth-order valence-corrected chi connectivity index (χ4v) is 3.66. The molecule has 2 heterocycles. The standard InChI is InChI=1S/C16H26N2O/c1-2-5-15(6-3-1)16-12-18(9-4-8-17-16)11-14-7-10-19-13-14/h7,10,13,15-17H,1-6,8-9,11-12H2. The van der Waals surface area contributed by atoms with Crippen LogP contribution in [0.5, 0.6) is 0 Å². The Kier molecular flexibility index (Phi) is 4.57. The number of hydrogen-bond donors (Lipinski definition) is 1. The van der Waals surface area contributed by atoms with Gasteiger partial charge in [-0.1, -0.05) is 19.3 Å². The number of furan rings is 1. The third-order valence-electron chi connectivity index (χ3n) is 4.72. The highest BCUT2D eigenvalue weighted by molar-refractivity contribution is 5.05. The van der Waals surface area contributed by atoms with Crippen molar-refractivity contribution in [3.63, 3.8) is 0 Å². The molecule has 0 amide bonds. The van der Waals surface area contributed by atoms with Crippen LogP contribution in [0.15, 0.2) is 23.0 Å². The summed E-state index contributed by atoms with van der Waals surface area (Å²) >= 11 is 0. The van der Waals surface area contributed by atoms with Crippen molar-refractivity contribution in [2.45, 2.75) is 51.1 Å². The zero-order valence-corrected chi connectivity index (χ0v) is 11.8. The van der Waals surface area contributed by atoms with Crippen LogP contribution in [0.2, 0.25) is 0 Å². The smallest absolute Gasteiger partial charge is 0.0947 e. The van der Waals surface area contributed by atoms with Gasteiger partial charge in [-0.05, 0) is 44.3 Å². The van der Waals surface area contributed by atoms with E-state index < -0.39 is 0 Å². The average Bonchev–Trinajstić information content (AvgIpc) is 2.84. The quantitative estimate of drug-likeness (QED) is 0.907. The molecular weight excluding hydrogens is 236 g/mol. The highest BCUT2D eigenvalue weighted by Gasteiger charge is 2.26. The Labute approximate surface area is 116 Å². The van der Waals surface area contributed by atoms with Gasteiger partial charge in [0.15, 0.2) is 0 Å². The van der Waals surface area contributed by atoms with Crippen LogP contribution in [0.25, 0.3) is 0 Å². The van der Waals surface area contributed by atoms with Gasteiger partial charge >= 0.3 is 0 Å². The summed E-state index contributed by atoms with van der Waals surface area (Å²) < 4.78 is 5.19. The predicted molar refractivity (Wildman–Crippen MR) is 77.0 cm³/mol. The highest BCUT2D eigenvalue weighted by atomic mass is 16.3. The zero-order chi connectivity index (χ0) is 12.9. The van der Waals surface area contributed by atoms with Crippen molar-refractivity contribution in [1.29, 1.82) is 0 Å². The summed E-state index contributed by atoms with van der Waals surface area (Å²) in [7, 11) is 0. The van der Waals surface area contributed by atoms with E-state index >= 15 is 0 Å². The van der Waals surface area contributed by atoms with Gasteiger partial charge in [-0.15, -0.1) is 0 Å². The molecule has 0 aromatic carbocycles. The van der Waals surface area contributed by atoms with Gasteiger partial charge in [-0.2, -0.15) is 0 Å². The zero-order valence-electron chi connectivity index (χ0n) is 11.8. The highest BCUT2D eigenvalue weighted by Crippen LogP contribution is 2.27. The molecule has 1 N–H and O–H groups in total. The van der Waals surface area contributed by atoms with Crippen LogP contribution in [-0.2, 0) is 6.54 Å². The van der Waals surface area contributed by atoms with Crippen molar-refractivity contribution < 1.29 is 4.42 Å².